The molecule has 0 radical (unpaired) electrons. The monoisotopic (exact) mass is 316 g/mol. The molecule has 0 unspecified atom stereocenters. The van der Waals surface area contributed by atoms with E-state index in [-0.39, 0.29) is 0 Å². The normalized spacial score (nSPS) is 15.2. The van der Waals surface area contributed by atoms with E-state index in [1.165, 1.54) is 0 Å². The molecule has 0 aromatic heterocycles. The van der Waals surface area contributed by atoms with Gasteiger partial charge < -0.3 is 0 Å². The van der Waals surface area contributed by atoms with Crippen molar-refractivity contribution in [3.05, 3.63) is 0 Å². The van der Waals surface area contributed by atoms with Crippen LogP contribution in [0.25, 0.3) is 0 Å². The van der Waals surface area contributed by atoms with Gasteiger partial charge in [-0.25, -0.2) is 13.7 Å². The second kappa shape index (κ2) is 5.26. The zero-order chi connectivity index (χ0) is 15.7. The lowest BCUT2D eigenvalue weighted by atomic mass is 10.1. The van der Waals surface area contributed by atoms with Gasteiger partial charge in [-0.05, 0) is 0 Å². The minimum atomic E-state index is -7.17. The number of hydrogen-bond acceptors (Lipinski definition) is 2. The first-order valence-electron chi connectivity index (χ1n) is 3.95. The topological polar surface area (TPSA) is 18.5 Å². The number of hydrogen-bond donors (Lipinski definition) is 0. The molecule has 0 aliphatic heterocycles. The van der Waals surface area contributed by atoms with Crippen LogP contribution in [-0.4, -0.2) is 37.2 Å². The highest BCUT2D eigenvalue weighted by Gasteiger charge is 2.83. The maximum Gasteiger partial charge on any atom is 0.460 e. The Kier molecular flexibility index (Phi) is 5.03. The standard InChI is InChI=1S/C6H3F11O2/c7-2(8)1-18-19-6(16,17)4(11,12)3(9,10)5(13,14)15/h2H,1H2. The molecule has 0 spiro atoms. The van der Waals surface area contributed by atoms with E-state index in [9.17, 15) is 48.3 Å². The molecule has 0 N–H and O–H groups in total. The van der Waals surface area contributed by atoms with Gasteiger partial charge in [0.05, 0.1) is 0 Å². The Morgan fingerprint density at radius 3 is 1.47 bits per heavy atom. The van der Waals surface area contributed by atoms with Gasteiger partial charge in [0.2, 0.25) is 0 Å². The molecule has 0 heterocycles. The molecule has 0 fully saturated rings. The van der Waals surface area contributed by atoms with Crippen molar-refractivity contribution in [1.82, 2.24) is 0 Å². The van der Waals surface area contributed by atoms with E-state index >= 15 is 0 Å². The Hall–Kier alpha value is -0.850. The molecule has 19 heavy (non-hydrogen) atoms. The molecule has 0 saturated carbocycles. The van der Waals surface area contributed by atoms with Crippen molar-refractivity contribution in [2.45, 2.75) is 30.6 Å². The summed E-state index contributed by atoms with van der Waals surface area (Å²) in [6.07, 6.45) is -17.0. The highest BCUT2D eigenvalue weighted by molar-refractivity contribution is 4.96. The third kappa shape index (κ3) is 3.58. The van der Waals surface area contributed by atoms with Gasteiger partial charge in [-0.1, -0.05) is 0 Å². The summed E-state index contributed by atoms with van der Waals surface area (Å²) in [4.78, 5) is 5.02. The Balaban J connectivity index is 5.06. The van der Waals surface area contributed by atoms with Gasteiger partial charge in [-0.3, -0.25) is 0 Å². The van der Waals surface area contributed by atoms with Crippen LogP contribution in [0.4, 0.5) is 48.3 Å². The fourth-order valence-electron chi connectivity index (χ4n) is 0.573. The molecule has 0 aliphatic carbocycles. The summed E-state index contributed by atoms with van der Waals surface area (Å²) in [5.41, 5.74) is 0. The highest BCUT2D eigenvalue weighted by Crippen LogP contribution is 2.53. The molecule has 0 atom stereocenters. The third-order valence-corrected chi connectivity index (χ3v) is 1.47. The van der Waals surface area contributed by atoms with E-state index in [1.807, 2.05) is 0 Å². The van der Waals surface area contributed by atoms with E-state index in [1.54, 1.807) is 0 Å². The lowest BCUT2D eigenvalue weighted by Crippen LogP contribution is -2.61. The molecule has 116 valence electrons. The fourth-order valence-corrected chi connectivity index (χ4v) is 0.573. The van der Waals surface area contributed by atoms with Crippen LogP contribution in [0.3, 0.4) is 0 Å². The quantitative estimate of drug-likeness (QED) is 0.423. The summed E-state index contributed by atoms with van der Waals surface area (Å²) in [6, 6.07) is 0. The van der Waals surface area contributed by atoms with Crippen LogP contribution >= 0.6 is 0 Å². The van der Waals surface area contributed by atoms with Gasteiger partial charge in [-0.15, -0.1) is 0 Å². The Bertz CT molecular complexity index is 296. The first-order chi connectivity index (χ1) is 8.17. The second-order valence-electron chi connectivity index (χ2n) is 2.92. The molecule has 0 rings (SSSR count). The predicted molar refractivity (Wildman–Crippen MR) is 33.9 cm³/mol. The summed E-state index contributed by atoms with van der Waals surface area (Å²) in [5, 5.41) is 0. The van der Waals surface area contributed by atoms with Crippen LogP contribution < -0.4 is 0 Å². The van der Waals surface area contributed by atoms with E-state index in [0.29, 0.717) is 0 Å². The molecule has 0 saturated heterocycles. The Morgan fingerprint density at radius 1 is 0.737 bits per heavy atom. The van der Waals surface area contributed by atoms with Crippen LogP contribution in [0.1, 0.15) is 0 Å². The molecule has 0 aliphatic rings. The summed E-state index contributed by atoms with van der Waals surface area (Å²) in [6.45, 7) is -2.04. The fraction of sp³-hybridized carbons (Fsp3) is 1.00. The number of halogens is 11. The maximum absolute atomic E-state index is 12.4. The molecule has 13 heteroatoms. The van der Waals surface area contributed by atoms with Crippen LogP contribution in [0.15, 0.2) is 0 Å². The molecule has 0 aromatic rings. The third-order valence-electron chi connectivity index (χ3n) is 1.47. The van der Waals surface area contributed by atoms with Crippen molar-refractivity contribution < 1.29 is 58.1 Å². The van der Waals surface area contributed by atoms with Crippen molar-refractivity contribution in [2.75, 3.05) is 6.61 Å². The largest absolute Gasteiger partial charge is 0.460 e. The minimum absolute atomic E-state index is 2.04. The summed E-state index contributed by atoms with van der Waals surface area (Å²) >= 11 is 0. The molecule has 0 amide bonds. The van der Waals surface area contributed by atoms with Gasteiger partial charge in [0, 0.05) is 0 Å². The van der Waals surface area contributed by atoms with Gasteiger partial charge in [0.1, 0.15) is 6.61 Å². The zero-order valence-electron chi connectivity index (χ0n) is 8.26. The molecular formula is C6H3F11O2. The first kappa shape index (κ1) is 18.1. The van der Waals surface area contributed by atoms with Crippen LogP contribution in [0.2, 0.25) is 0 Å². The van der Waals surface area contributed by atoms with E-state index in [2.05, 4.69) is 9.78 Å². The van der Waals surface area contributed by atoms with Crippen molar-refractivity contribution >= 4 is 0 Å². The summed E-state index contributed by atoms with van der Waals surface area (Å²) in [7, 11) is 0. The number of alkyl halides is 11. The van der Waals surface area contributed by atoms with Crippen molar-refractivity contribution in [3.63, 3.8) is 0 Å². The predicted octanol–water partition coefficient (Wildman–Crippen LogP) is 3.63. The van der Waals surface area contributed by atoms with Crippen LogP contribution in [0, 0.1) is 0 Å². The molecule has 0 bridgehead atoms. The highest BCUT2D eigenvalue weighted by atomic mass is 19.4. The SMILES string of the molecule is FC(F)COOC(F)(F)C(F)(F)C(F)(F)C(F)(F)F. The van der Waals surface area contributed by atoms with E-state index < -0.39 is 37.2 Å². The van der Waals surface area contributed by atoms with Crippen LogP contribution in [0.5, 0.6) is 0 Å². The summed E-state index contributed by atoms with van der Waals surface area (Å²) in [5.74, 6) is -14.2. The van der Waals surface area contributed by atoms with E-state index in [4.69, 9.17) is 0 Å². The molecule has 0 aromatic carbocycles. The zero-order valence-corrected chi connectivity index (χ0v) is 8.26. The smallest absolute Gasteiger partial charge is 0.225 e. The second-order valence-corrected chi connectivity index (χ2v) is 2.92. The molecule has 2 nitrogen and oxygen atoms in total. The average Bonchev–Trinajstić information content (AvgIpc) is 2.14. The minimum Gasteiger partial charge on any atom is -0.225 e. The number of rotatable bonds is 6. The van der Waals surface area contributed by atoms with Gasteiger partial charge in [0.15, 0.2) is 0 Å². The van der Waals surface area contributed by atoms with Gasteiger partial charge >= 0.3 is 24.1 Å². The lowest BCUT2D eigenvalue weighted by molar-refractivity contribution is -0.521. The Labute approximate surface area is 96.5 Å². The van der Waals surface area contributed by atoms with Gasteiger partial charge in [0.25, 0.3) is 6.43 Å². The Morgan fingerprint density at radius 2 is 1.16 bits per heavy atom. The first-order valence-corrected chi connectivity index (χ1v) is 3.95. The maximum atomic E-state index is 12.4. The van der Waals surface area contributed by atoms with Crippen LogP contribution in [-0.2, 0) is 9.78 Å². The van der Waals surface area contributed by atoms with Crippen molar-refractivity contribution in [2.24, 2.45) is 0 Å². The van der Waals surface area contributed by atoms with Gasteiger partial charge in [-0.2, -0.15) is 44.4 Å². The van der Waals surface area contributed by atoms with Crippen molar-refractivity contribution in [3.8, 4) is 0 Å². The van der Waals surface area contributed by atoms with E-state index in [0.717, 1.165) is 0 Å². The van der Waals surface area contributed by atoms with Crippen molar-refractivity contribution in [1.29, 1.82) is 0 Å². The lowest BCUT2D eigenvalue weighted by Gasteiger charge is -2.32. The molecular weight excluding hydrogens is 313 g/mol. The summed E-state index contributed by atoms with van der Waals surface area (Å²) < 4.78 is 131. The average molecular weight is 316 g/mol.